The molecule has 0 spiro atoms. The van der Waals surface area contributed by atoms with Crippen LogP contribution in [0.2, 0.25) is 0 Å². The van der Waals surface area contributed by atoms with Crippen molar-refractivity contribution in [1.82, 2.24) is 15.2 Å². The molecule has 4 heterocycles. The van der Waals surface area contributed by atoms with Gasteiger partial charge in [0.15, 0.2) is 10.8 Å². The molecule has 0 unspecified atom stereocenters. The maximum absolute atomic E-state index is 12.8. The van der Waals surface area contributed by atoms with Gasteiger partial charge in [0, 0.05) is 17.1 Å². The Labute approximate surface area is 171 Å². The third-order valence-corrected chi connectivity index (χ3v) is 6.95. The predicted octanol–water partition coefficient (Wildman–Crippen LogP) is -1.18. The topological polar surface area (TPSA) is 174 Å². The van der Waals surface area contributed by atoms with Crippen molar-refractivity contribution in [2.75, 3.05) is 18.6 Å². The Bertz CT molecular complexity index is 949. The SMILES string of the molecule is CON=C(C(=O)N[C@@H]1C(=O)N2[C@@H]1SC[C@H]1CC(=O)O[C@@]12C(=O)O)c1csc(N)n1. The standard InChI is InChI=1S/C15H15N5O7S2/c1-26-19-8(6-4-29-14(16)17-6)10(22)18-9-11(23)20-12(9)28-3-5-2-7(21)27-15(5,20)13(24)25/h4-5,9,12H,2-3H2,1H3,(H2,16,17)(H,18,22)(H,24,25)/t5-,9-,12-,15-/m1/s1. The van der Waals surface area contributed by atoms with Gasteiger partial charge in [-0.3, -0.25) is 19.3 Å². The number of nitrogen functional groups attached to an aromatic ring is 1. The third kappa shape index (κ3) is 2.81. The Morgan fingerprint density at radius 1 is 1.52 bits per heavy atom. The van der Waals surface area contributed by atoms with E-state index in [0.717, 1.165) is 16.2 Å². The second-order valence-electron chi connectivity index (χ2n) is 6.45. The molecule has 2 amide bonds. The number of β-lactam (4-membered cyclic amide) rings is 1. The first-order valence-electron chi connectivity index (χ1n) is 8.33. The smallest absolute Gasteiger partial charge is 0.370 e. The summed E-state index contributed by atoms with van der Waals surface area (Å²) in [5, 5.41) is 16.9. The molecule has 4 rings (SSSR count). The van der Waals surface area contributed by atoms with Gasteiger partial charge in [0.25, 0.3) is 17.5 Å². The van der Waals surface area contributed by atoms with E-state index in [2.05, 4.69) is 20.3 Å². The van der Waals surface area contributed by atoms with Gasteiger partial charge in [0.1, 0.15) is 24.2 Å². The van der Waals surface area contributed by atoms with Gasteiger partial charge in [-0.2, -0.15) is 0 Å². The molecule has 154 valence electrons. The van der Waals surface area contributed by atoms with Crippen molar-refractivity contribution >= 4 is 57.7 Å². The number of ether oxygens (including phenoxy) is 1. The summed E-state index contributed by atoms with van der Waals surface area (Å²) in [5.41, 5.74) is 3.56. The van der Waals surface area contributed by atoms with E-state index in [1.807, 2.05) is 0 Å². The molecule has 3 saturated heterocycles. The number of carbonyl (C=O) groups is 4. The van der Waals surface area contributed by atoms with E-state index in [0.29, 0.717) is 5.75 Å². The highest BCUT2D eigenvalue weighted by Gasteiger charge is 2.71. The maximum Gasteiger partial charge on any atom is 0.370 e. The summed E-state index contributed by atoms with van der Waals surface area (Å²) in [6.07, 6.45) is -0.0806. The van der Waals surface area contributed by atoms with E-state index < -0.39 is 46.8 Å². The average Bonchev–Trinajstić information content (AvgIpc) is 3.25. The van der Waals surface area contributed by atoms with Crippen LogP contribution in [0.3, 0.4) is 0 Å². The number of thioether (sulfide) groups is 1. The second kappa shape index (κ2) is 6.88. The molecule has 29 heavy (non-hydrogen) atoms. The minimum absolute atomic E-state index is 0.0806. The summed E-state index contributed by atoms with van der Waals surface area (Å²) < 4.78 is 5.10. The van der Waals surface area contributed by atoms with Gasteiger partial charge in [0.05, 0.1) is 6.42 Å². The highest BCUT2D eigenvalue weighted by Crippen LogP contribution is 2.51. The number of carboxylic acid groups (broad SMARTS) is 1. The van der Waals surface area contributed by atoms with E-state index >= 15 is 0 Å². The molecule has 0 aromatic carbocycles. The zero-order valence-corrected chi connectivity index (χ0v) is 16.5. The number of amides is 2. The molecule has 0 saturated carbocycles. The Morgan fingerprint density at radius 3 is 2.90 bits per heavy atom. The molecular weight excluding hydrogens is 426 g/mol. The lowest BCUT2D eigenvalue weighted by atomic mass is 9.89. The number of aromatic nitrogens is 1. The molecule has 1 aromatic heterocycles. The van der Waals surface area contributed by atoms with E-state index in [1.54, 1.807) is 0 Å². The lowest BCUT2D eigenvalue weighted by Crippen LogP contribution is -2.80. The van der Waals surface area contributed by atoms with E-state index in [-0.39, 0.29) is 23.0 Å². The highest BCUT2D eigenvalue weighted by atomic mass is 32.2. The van der Waals surface area contributed by atoms with Gasteiger partial charge in [-0.15, -0.1) is 23.1 Å². The number of hydrogen-bond acceptors (Lipinski definition) is 11. The number of anilines is 1. The molecular formula is C15H15N5O7S2. The lowest BCUT2D eigenvalue weighted by Gasteiger charge is -2.56. The zero-order valence-electron chi connectivity index (χ0n) is 14.9. The molecule has 0 radical (unpaired) electrons. The van der Waals surface area contributed by atoms with Gasteiger partial charge < -0.3 is 25.7 Å². The summed E-state index contributed by atoms with van der Waals surface area (Å²) in [6.45, 7) is 0. The summed E-state index contributed by atoms with van der Waals surface area (Å²) in [4.78, 5) is 58.8. The first-order valence-corrected chi connectivity index (χ1v) is 10.3. The quantitative estimate of drug-likeness (QED) is 0.218. The number of carbonyl (C=O) groups excluding carboxylic acids is 3. The van der Waals surface area contributed by atoms with Gasteiger partial charge in [-0.1, -0.05) is 5.16 Å². The van der Waals surface area contributed by atoms with Crippen molar-refractivity contribution in [3.63, 3.8) is 0 Å². The molecule has 14 heteroatoms. The molecule has 0 bridgehead atoms. The molecule has 3 fully saturated rings. The number of hydrogen-bond donors (Lipinski definition) is 3. The van der Waals surface area contributed by atoms with Crippen molar-refractivity contribution in [2.24, 2.45) is 11.1 Å². The van der Waals surface area contributed by atoms with Gasteiger partial charge in [-0.25, -0.2) is 9.78 Å². The van der Waals surface area contributed by atoms with Crippen LogP contribution in [0.5, 0.6) is 0 Å². The molecule has 4 atom stereocenters. The number of oxime groups is 1. The number of nitrogens with two attached hydrogens (primary N) is 1. The van der Waals surface area contributed by atoms with Gasteiger partial charge in [-0.05, 0) is 0 Å². The third-order valence-electron chi connectivity index (χ3n) is 4.86. The molecule has 3 aliphatic heterocycles. The summed E-state index contributed by atoms with van der Waals surface area (Å²) in [6, 6.07) is -1.01. The number of rotatable bonds is 5. The van der Waals surface area contributed by atoms with Gasteiger partial charge in [0.2, 0.25) is 0 Å². The van der Waals surface area contributed by atoms with Crippen LogP contribution in [0, 0.1) is 5.92 Å². The van der Waals surface area contributed by atoms with Crippen LogP contribution in [-0.2, 0) is 28.8 Å². The number of carboxylic acids is 1. The lowest BCUT2D eigenvalue weighted by molar-refractivity contribution is -0.215. The summed E-state index contributed by atoms with van der Waals surface area (Å²) in [7, 11) is 1.25. The fourth-order valence-corrected chi connectivity index (χ4v) is 5.72. The number of aliphatic carboxylic acids is 1. The number of nitrogens with zero attached hydrogens (tertiary/aromatic N) is 3. The van der Waals surface area contributed by atoms with Crippen molar-refractivity contribution in [3.05, 3.63) is 11.1 Å². The molecule has 12 nitrogen and oxygen atoms in total. The fourth-order valence-electron chi connectivity index (χ4n) is 3.61. The minimum atomic E-state index is -2.03. The Morgan fingerprint density at radius 2 is 2.28 bits per heavy atom. The van der Waals surface area contributed by atoms with Crippen LogP contribution < -0.4 is 11.1 Å². The molecule has 3 aliphatic rings. The van der Waals surface area contributed by atoms with Crippen LogP contribution in [0.25, 0.3) is 0 Å². The number of esters is 1. The minimum Gasteiger partial charge on any atom is -0.477 e. The van der Waals surface area contributed by atoms with Crippen molar-refractivity contribution in [2.45, 2.75) is 23.6 Å². The highest BCUT2D eigenvalue weighted by molar-refractivity contribution is 8.00. The first kappa shape index (κ1) is 19.4. The summed E-state index contributed by atoms with van der Waals surface area (Å²) in [5.74, 6) is -3.83. The Hall–Kier alpha value is -2.87. The van der Waals surface area contributed by atoms with Crippen LogP contribution >= 0.6 is 23.1 Å². The zero-order chi connectivity index (χ0) is 20.9. The molecule has 0 aliphatic carbocycles. The van der Waals surface area contributed by atoms with E-state index in [4.69, 9.17) is 10.5 Å². The average molecular weight is 441 g/mol. The largest absolute Gasteiger partial charge is 0.477 e. The number of nitrogens with one attached hydrogen (secondary N) is 1. The maximum atomic E-state index is 12.8. The van der Waals surface area contributed by atoms with E-state index in [9.17, 15) is 24.3 Å². The predicted molar refractivity (Wildman–Crippen MR) is 99.7 cm³/mol. The van der Waals surface area contributed by atoms with Crippen LogP contribution in [0.4, 0.5) is 5.13 Å². The van der Waals surface area contributed by atoms with Crippen LogP contribution in [-0.4, -0.2) is 74.5 Å². The van der Waals surface area contributed by atoms with Crippen molar-refractivity contribution < 1.29 is 33.9 Å². The van der Waals surface area contributed by atoms with Crippen molar-refractivity contribution in [1.29, 1.82) is 0 Å². The monoisotopic (exact) mass is 441 g/mol. The van der Waals surface area contributed by atoms with E-state index in [1.165, 1.54) is 24.3 Å². The van der Waals surface area contributed by atoms with Crippen LogP contribution in [0.15, 0.2) is 10.5 Å². The molecule has 4 N–H and O–H groups in total. The van der Waals surface area contributed by atoms with Crippen LogP contribution in [0.1, 0.15) is 12.1 Å². The molecule has 1 aromatic rings. The Balaban J connectivity index is 1.56. The normalized spacial score (nSPS) is 30.7. The summed E-state index contributed by atoms with van der Waals surface area (Å²) >= 11 is 2.38. The fraction of sp³-hybridized carbons (Fsp3) is 0.467. The number of fused-ring (bicyclic) bond motifs is 3. The van der Waals surface area contributed by atoms with Crippen molar-refractivity contribution in [3.8, 4) is 0 Å². The Kier molecular flexibility index (Phi) is 4.61. The van der Waals surface area contributed by atoms with Gasteiger partial charge >= 0.3 is 11.9 Å². The first-order chi connectivity index (χ1) is 13.8. The second-order valence-corrected chi connectivity index (χ2v) is 8.49. The number of thiazole rings is 1.